The summed E-state index contributed by atoms with van der Waals surface area (Å²) in [5, 5.41) is 4.09. The third kappa shape index (κ3) is 4.68. The standard InChI is InChI=1S/C21H24N2O2S/c1-15(20-12-17-6-4-5-7-19(17)25-20)22-21(24)14-23(2)13-16-8-10-18(26-3)11-9-16/h4-12,15H,13-14H2,1-3H3,(H,22,24)/p+1/t15-/m0/s1. The molecule has 2 aromatic carbocycles. The molecule has 4 nitrogen and oxygen atoms in total. The number of fused-ring (bicyclic) bond motifs is 1. The number of furan rings is 1. The quantitative estimate of drug-likeness (QED) is 0.629. The molecule has 136 valence electrons. The molecule has 1 amide bonds. The Morgan fingerprint density at radius 3 is 2.62 bits per heavy atom. The lowest BCUT2D eigenvalue weighted by Crippen LogP contribution is -3.08. The maximum atomic E-state index is 12.4. The Morgan fingerprint density at radius 1 is 1.19 bits per heavy atom. The number of amides is 1. The molecule has 0 bridgehead atoms. The van der Waals surface area contributed by atoms with Gasteiger partial charge in [0, 0.05) is 15.8 Å². The number of likely N-dealkylation sites (N-methyl/N-ethyl adjacent to an activating group) is 1. The lowest BCUT2D eigenvalue weighted by molar-refractivity contribution is -0.885. The highest BCUT2D eigenvalue weighted by molar-refractivity contribution is 7.98. The van der Waals surface area contributed by atoms with Gasteiger partial charge in [0.25, 0.3) is 5.91 Å². The van der Waals surface area contributed by atoms with Gasteiger partial charge >= 0.3 is 0 Å². The van der Waals surface area contributed by atoms with E-state index in [1.807, 2.05) is 44.3 Å². The van der Waals surface area contributed by atoms with Crippen LogP contribution in [-0.2, 0) is 11.3 Å². The van der Waals surface area contributed by atoms with E-state index in [1.54, 1.807) is 11.8 Å². The average molecular weight is 370 g/mol. The largest absolute Gasteiger partial charge is 0.459 e. The van der Waals surface area contributed by atoms with Crippen molar-refractivity contribution in [2.75, 3.05) is 19.8 Å². The molecule has 0 aliphatic heterocycles. The van der Waals surface area contributed by atoms with Crippen molar-refractivity contribution in [1.29, 1.82) is 0 Å². The zero-order valence-electron chi connectivity index (χ0n) is 15.4. The van der Waals surface area contributed by atoms with E-state index in [-0.39, 0.29) is 11.9 Å². The van der Waals surface area contributed by atoms with Crippen LogP contribution in [0.4, 0.5) is 0 Å². The van der Waals surface area contributed by atoms with E-state index in [2.05, 4.69) is 35.8 Å². The Hall–Kier alpha value is -2.24. The fourth-order valence-electron chi connectivity index (χ4n) is 3.01. The number of thioether (sulfide) groups is 1. The second kappa shape index (κ2) is 8.43. The van der Waals surface area contributed by atoms with Crippen LogP contribution in [0.1, 0.15) is 24.3 Å². The van der Waals surface area contributed by atoms with Crippen molar-refractivity contribution in [1.82, 2.24) is 5.32 Å². The minimum atomic E-state index is -0.149. The van der Waals surface area contributed by atoms with Gasteiger partial charge in [-0.05, 0) is 37.4 Å². The summed E-state index contributed by atoms with van der Waals surface area (Å²) in [4.78, 5) is 14.8. The summed E-state index contributed by atoms with van der Waals surface area (Å²) >= 11 is 1.73. The monoisotopic (exact) mass is 369 g/mol. The molecule has 2 atom stereocenters. The van der Waals surface area contributed by atoms with E-state index < -0.39 is 0 Å². The second-order valence-corrected chi connectivity index (χ2v) is 7.51. The molecule has 2 N–H and O–H groups in total. The van der Waals surface area contributed by atoms with Gasteiger partial charge in [-0.15, -0.1) is 11.8 Å². The molecule has 0 aliphatic rings. The number of nitrogens with one attached hydrogen (secondary N) is 2. The predicted molar refractivity (Wildman–Crippen MR) is 106 cm³/mol. The number of carbonyl (C=O) groups is 1. The molecule has 1 unspecified atom stereocenters. The van der Waals surface area contributed by atoms with E-state index in [0.29, 0.717) is 6.54 Å². The summed E-state index contributed by atoms with van der Waals surface area (Å²) in [5.41, 5.74) is 2.08. The van der Waals surface area contributed by atoms with Crippen molar-refractivity contribution < 1.29 is 14.1 Å². The summed E-state index contributed by atoms with van der Waals surface area (Å²) < 4.78 is 5.83. The summed E-state index contributed by atoms with van der Waals surface area (Å²) in [6, 6.07) is 18.2. The van der Waals surface area contributed by atoms with Crippen LogP contribution >= 0.6 is 11.8 Å². The summed E-state index contributed by atoms with van der Waals surface area (Å²) in [6.45, 7) is 3.20. The number of para-hydroxylation sites is 1. The van der Waals surface area contributed by atoms with Crippen LogP contribution < -0.4 is 10.2 Å². The number of carbonyl (C=O) groups excluding carboxylic acids is 1. The molecule has 0 fully saturated rings. The van der Waals surface area contributed by atoms with E-state index >= 15 is 0 Å². The molecule has 1 aromatic heterocycles. The van der Waals surface area contributed by atoms with E-state index in [9.17, 15) is 4.79 Å². The average Bonchev–Trinajstić information content (AvgIpc) is 3.06. The zero-order valence-corrected chi connectivity index (χ0v) is 16.2. The zero-order chi connectivity index (χ0) is 18.5. The van der Waals surface area contributed by atoms with Gasteiger partial charge in [-0.25, -0.2) is 0 Å². The first-order valence-electron chi connectivity index (χ1n) is 8.77. The maximum absolute atomic E-state index is 12.4. The van der Waals surface area contributed by atoms with Crippen LogP contribution in [0.5, 0.6) is 0 Å². The van der Waals surface area contributed by atoms with E-state index in [1.165, 1.54) is 10.5 Å². The highest BCUT2D eigenvalue weighted by atomic mass is 32.2. The molecule has 0 radical (unpaired) electrons. The lowest BCUT2D eigenvalue weighted by Gasteiger charge is -2.16. The molecule has 0 saturated heterocycles. The Labute approximate surface area is 158 Å². The molecule has 5 heteroatoms. The smallest absolute Gasteiger partial charge is 0.275 e. The molecule has 3 rings (SSSR count). The molecule has 26 heavy (non-hydrogen) atoms. The number of rotatable bonds is 7. The van der Waals surface area contributed by atoms with Crippen LogP contribution in [0, 0.1) is 0 Å². The third-order valence-corrected chi connectivity index (χ3v) is 5.12. The fourth-order valence-corrected chi connectivity index (χ4v) is 3.42. The molecular formula is C21H25N2O2S+. The van der Waals surface area contributed by atoms with Gasteiger partial charge in [0.2, 0.25) is 0 Å². The maximum Gasteiger partial charge on any atom is 0.275 e. The van der Waals surface area contributed by atoms with Gasteiger partial charge in [0.15, 0.2) is 6.54 Å². The van der Waals surface area contributed by atoms with Crippen LogP contribution in [0.15, 0.2) is 63.9 Å². The minimum absolute atomic E-state index is 0.0243. The molecule has 0 saturated carbocycles. The molecule has 0 aliphatic carbocycles. The van der Waals surface area contributed by atoms with Gasteiger partial charge in [0.05, 0.1) is 13.1 Å². The van der Waals surface area contributed by atoms with E-state index in [4.69, 9.17) is 4.42 Å². The first-order chi connectivity index (χ1) is 12.5. The van der Waals surface area contributed by atoms with Crippen LogP contribution in [0.25, 0.3) is 11.0 Å². The van der Waals surface area contributed by atoms with Gasteiger partial charge in [0.1, 0.15) is 17.9 Å². The van der Waals surface area contributed by atoms with Gasteiger partial charge < -0.3 is 14.6 Å². The number of benzene rings is 2. The fraction of sp³-hybridized carbons (Fsp3) is 0.286. The topological polar surface area (TPSA) is 46.7 Å². The van der Waals surface area contributed by atoms with Crippen molar-refractivity contribution in [3.8, 4) is 0 Å². The number of hydrogen-bond donors (Lipinski definition) is 2. The molecular weight excluding hydrogens is 344 g/mol. The second-order valence-electron chi connectivity index (χ2n) is 6.63. The van der Waals surface area contributed by atoms with Crippen LogP contribution in [0.2, 0.25) is 0 Å². The Morgan fingerprint density at radius 2 is 1.92 bits per heavy atom. The Bertz CT molecular complexity index is 840. The summed E-state index contributed by atoms with van der Waals surface area (Å²) in [7, 11) is 2.04. The minimum Gasteiger partial charge on any atom is -0.459 e. The molecule has 3 aromatic rings. The van der Waals surface area contributed by atoms with Gasteiger partial charge in [-0.3, -0.25) is 4.79 Å². The molecule has 0 spiro atoms. The van der Waals surface area contributed by atoms with Gasteiger partial charge in [-0.2, -0.15) is 0 Å². The SMILES string of the molecule is CSc1ccc(C[NH+](C)CC(=O)N[C@@H](C)c2cc3ccccc3o2)cc1. The summed E-state index contributed by atoms with van der Waals surface area (Å²) in [5.74, 6) is 0.807. The van der Waals surface area contributed by atoms with E-state index in [0.717, 1.165) is 28.2 Å². The van der Waals surface area contributed by atoms with Crippen molar-refractivity contribution in [3.05, 3.63) is 65.9 Å². The highest BCUT2D eigenvalue weighted by Gasteiger charge is 2.17. The third-order valence-electron chi connectivity index (χ3n) is 4.38. The Kier molecular flexibility index (Phi) is 6.01. The lowest BCUT2D eigenvalue weighted by atomic mass is 10.2. The normalized spacial score (nSPS) is 13.5. The van der Waals surface area contributed by atoms with Crippen molar-refractivity contribution >= 4 is 28.6 Å². The molecule has 1 heterocycles. The highest BCUT2D eigenvalue weighted by Crippen LogP contribution is 2.23. The summed E-state index contributed by atoms with van der Waals surface area (Å²) in [6.07, 6.45) is 2.07. The number of quaternary nitrogens is 1. The van der Waals surface area contributed by atoms with Crippen LogP contribution in [-0.4, -0.2) is 25.8 Å². The predicted octanol–water partition coefficient (Wildman–Crippen LogP) is 3.05. The van der Waals surface area contributed by atoms with Gasteiger partial charge in [-0.1, -0.05) is 30.3 Å². The first kappa shape index (κ1) is 18.5. The van der Waals surface area contributed by atoms with Crippen LogP contribution in [0.3, 0.4) is 0 Å². The first-order valence-corrected chi connectivity index (χ1v) is 9.99. The Balaban J connectivity index is 1.53. The number of hydrogen-bond acceptors (Lipinski definition) is 3. The van der Waals surface area contributed by atoms with Crippen molar-refractivity contribution in [2.45, 2.75) is 24.4 Å². The van der Waals surface area contributed by atoms with Crippen molar-refractivity contribution in [3.63, 3.8) is 0 Å². The van der Waals surface area contributed by atoms with Crippen molar-refractivity contribution in [2.24, 2.45) is 0 Å².